The molecule has 5 nitrogen and oxygen atoms in total. The van der Waals surface area contributed by atoms with Gasteiger partial charge in [0.2, 0.25) is 5.88 Å². The second kappa shape index (κ2) is 4.78. The predicted molar refractivity (Wildman–Crippen MR) is 63.7 cm³/mol. The van der Waals surface area contributed by atoms with Gasteiger partial charge in [0.1, 0.15) is 5.69 Å². The Morgan fingerprint density at radius 3 is 2.82 bits per heavy atom. The second-order valence-corrected chi connectivity index (χ2v) is 3.68. The Labute approximate surface area is 98.2 Å². The number of aromatic nitrogens is 3. The van der Waals surface area contributed by atoms with Gasteiger partial charge in [0, 0.05) is 6.20 Å². The molecule has 2 N–H and O–H groups in total. The molecule has 0 aliphatic rings. The van der Waals surface area contributed by atoms with E-state index in [2.05, 4.69) is 15.0 Å². The Balaban J connectivity index is 2.50. The van der Waals surface area contributed by atoms with Crippen LogP contribution in [0.1, 0.15) is 18.9 Å². The van der Waals surface area contributed by atoms with Crippen LogP contribution in [-0.2, 0) is 6.42 Å². The summed E-state index contributed by atoms with van der Waals surface area (Å²) in [5.41, 5.74) is 0.551. The zero-order valence-electron chi connectivity index (χ0n) is 9.47. The average Bonchev–Trinajstić information content (AvgIpc) is 2.35. The van der Waals surface area contributed by atoms with Gasteiger partial charge in [0.15, 0.2) is 5.82 Å². The van der Waals surface area contributed by atoms with Crippen LogP contribution in [0.15, 0.2) is 29.2 Å². The minimum Gasteiger partial charge on any atom is -0.493 e. The van der Waals surface area contributed by atoms with Crippen LogP contribution in [0.2, 0.25) is 0 Å². The molecular weight excluding hydrogens is 218 g/mol. The highest BCUT2D eigenvalue weighted by Crippen LogP contribution is 2.16. The molecule has 2 heterocycles. The monoisotopic (exact) mass is 231 g/mol. The molecule has 0 radical (unpaired) electrons. The summed E-state index contributed by atoms with van der Waals surface area (Å²) in [6, 6.07) is 5.28. The van der Waals surface area contributed by atoms with E-state index in [0.717, 1.165) is 6.42 Å². The van der Waals surface area contributed by atoms with Crippen molar-refractivity contribution in [1.82, 2.24) is 15.0 Å². The van der Waals surface area contributed by atoms with Gasteiger partial charge in [-0.3, -0.25) is 9.78 Å². The number of H-pyrrole nitrogens is 1. The molecule has 0 aliphatic heterocycles. The van der Waals surface area contributed by atoms with Crippen LogP contribution >= 0.6 is 0 Å². The molecule has 2 aromatic rings. The lowest BCUT2D eigenvalue weighted by Gasteiger charge is -2.04. The fourth-order valence-electron chi connectivity index (χ4n) is 1.59. The molecule has 0 amide bonds. The van der Waals surface area contributed by atoms with Gasteiger partial charge in [0.05, 0.1) is 5.56 Å². The van der Waals surface area contributed by atoms with E-state index in [1.807, 2.05) is 6.92 Å². The Morgan fingerprint density at radius 2 is 2.24 bits per heavy atom. The zero-order valence-corrected chi connectivity index (χ0v) is 9.47. The van der Waals surface area contributed by atoms with Crippen LogP contribution in [0.3, 0.4) is 0 Å². The van der Waals surface area contributed by atoms with Crippen molar-refractivity contribution in [2.24, 2.45) is 0 Å². The predicted octanol–water partition coefficient (Wildman–Crippen LogP) is 1.49. The highest BCUT2D eigenvalue weighted by Gasteiger charge is 2.11. The van der Waals surface area contributed by atoms with Crippen LogP contribution in [0, 0.1) is 0 Å². The Hall–Kier alpha value is -2.17. The van der Waals surface area contributed by atoms with Gasteiger partial charge < -0.3 is 10.1 Å². The first-order valence-electron chi connectivity index (χ1n) is 5.46. The van der Waals surface area contributed by atoms with Gasteiger partial charge in [-0.15, -0.1) is 0 Å². The molecule has 0 saturated carbocycles. The average molecular weight is 231 g/mol. The molecule has 0 fully saturated rings. The number of hydrogen-bond acceptors (Lipinski definition) is 4. The van der Waals surface area contributed by atoms with E-state index >= 15 is 0 Å². The smallest absolute Gasteiger partial charge is 0.258 e. The standard InChI is InChI=1S/C12H13N3O2/c1-2-5-8-11(16)14-10(15-12(8)17)9-6-3-4-7-13-9/h3-4,6-7H,2,5H2,1H3,(H2,14,15,16,17). The van der Waals surface area contributed by atoms with Crippen LogP contribution in [-0.4, -0.2) is 20.1 Å². The third-order valence-electron chi connectivity index (χ3n) is 2.40. The lowest BCUT2D eigenvalue weighted by molar-refractivity contribution is 0.443. The fourth-order valence-corrected chi connectivity index (χ4v) is 1.59. The van der Waals surface area contributed by atoms with E-state index < -0.39 is 0 Å². The molecule has 0 saturated heterocycles. The number of rotatable bonds is 3. The molecule has 0 atom stereocenters. The molecule has 0 aliphatic carbocycles. The van der Waals surface area contributed by atoms with E-state index in [9.17, 15) is 9.90 Å². The van der Waals surface area contributed by atoms with Gasteiger partial charge >= 0.3 is 0 Å². The number of hydrogen-bond donors (Lipinski definition) is 2. The van der Waals surface area contributed by atoms with Crippen molar-refractivity contribution in [1.29, 1.82) is 0 Å². The van der Waals surface area contributed by atoms with Gasteiger partial charge in [0.25, 0.3) is 5.56 Å². The van der Waals surface area contributed by atoms with E-state index in [0.29, 0.717) is 17.7 Å². The van der Waals surface area contributed by atoms with E-state index in [4.69, 9.17) is 0 Å². The first kappa shape index (κ1) is 11.3. The highest BCUT2D eigenvalue weighted by atomic mass is 16.3. The third kappa shape index (κ3) is 2.33. The van der Waals surface area contributed by atoms with Gasteiger partial charge in [-0.1, -0.05) is 19.4 Å². The van der Waals surface area contributed by atoms with Crippen molar-refractivity contribution in [3.63, 3.8) is 0 Å². The molecule has 17 heavy (non-hydrogen) atoms. The summed E-state index contributed by atoms with van der Waals surface area (Å²) < 4.78 is 0. The van der Waals surface area contributed by atoms with E-state index in [1.54, 1.807) is 24.4 Å². The highest BCUT2D eigenvalue weighted by molar-refractivity contribution is 5.49. The lowest BCUT2D eigenvalue weighted by atomic mass is 10.2. The molecule has 2 rings (SSSR count). The topological polar surface area (TPSA) is 78.9 Å². The maximum absolute atomic E-state index is 11.7. The fraction of sp³-hybridized carbons (Fsp3) is 0.250. The minimum absolute atomic E-state index is 0.212. The summed E-state index contributed by atoms with van der Waals surface area (Å²) in [6.45, 7) is 1.94. The quantitative estimate of drug-likeness (QED) is 0.838. The van der Waals surface area contributed by atoms with E-state index in [-0.39, 0.29) is 17.3 Å². The van der Waals surface area contributed by atoms with Gasteiger partial charge in [-0.05, 0) is 18.6 Å². The molecule has 0 unspecified atom stereocenters. The summed E-state index contributed by atoms with van der Waals surface area (Å²) >= 11 is 0. The molecule has 0 spiro atoms. The maximum Gasteiger partial charge on any atom is 0.258 e. The first-order chi connectivity index (χ1) is 8.22. The molecule has 0 aromatic carbocycles. The number of nitrogens with one attached hydrogen (secondary N) is 1. The van der Waals surface area contributed by atoms with Crippen molar-refractivity contribution in [3.8, 4) is 17.4 Å². The number of aromatic hydroxyl groups is 1. The summed E-state index contributed by atoms with van der Waals surface area (Å²) in [7, 11) is 0. The number of aromatic amines is 1. The summed E-state index contributed by atoms with van der Waals surface area (Å²) in [6.07, 6.45) is 2.89. The zero-order chi connectivity index (χ0) is 12.3. The SMILES string of the molecule is CCCc1c(O)nc(-c2ccccn2)[nH]c1=O. The van der Waals surface area contributed by atoms with Gasteiger partial charge in [-0.25, -0.2) is 0 Å². The van der Waals surface area contributed by atoms with Crippen molar-refractivity contribution in [2.75, 3.05) is 0 Å². The number of pyridine rings is 1. The van der Waals surface area contributed by atoms with Crippen molar-refractivity contribution < 1.29 is 5.11 Å². The Morgan fingerprint density at radius 1 is 1.41 bits per heavy atom. The van der Waals surface area contributed by atoms with Crippen LogP contribution in [0.5, 0.6) is 5.88 Å². The summed E-state index contributed by atoms with van der Waals surface area (Å²) in [4.78, 5) is 22.4. The van der Waals surface area contributed by atoms with E-state index in [1.165, 1.54) is 0 Å². The minimum atomic E-state index is -0.306. The normalized spacial score (nSPS) is 10.4. The molecular formula is C12H13N3O2. The maximum atomic E-state index is 11.7. The summed E-state index contributed by atoms with van der Waals surface area (Å²) in [5, 5.41) is 9.71. The Kier molecular flexibility index (Phi) is 3.18. The number of nitrogens with zero attached hydrogens (tertiary/aromatic N) is 2. The molecule has 0 bridgehead atoms. The van der Waals surface area contributed by atoms with Gasteiger partial charge in [-0.2, -0.15) is 4.98 Å². The second-order valence-electron chi connectivity index (χ2n) is 3.68. The van der Waals surface area contributed by atoms with Crippen molar-refractivity contribution in [3.05, 3.63) is 40.3 Å². The first-order valence-corrected chi connectivity index (χ1v) is 5.46. The van der Waals surface area contributed by atoms with Crippen LogP contribution in [0.4, 0.5) is 0 Å². The van der Waals surface area contributed by atoms with Crippen molar-refractivity contribution >= 4 is 0 Å². The van der Waals surface area contributed by atoms with Crippen LogP contribution in [0.25, 0.3) is 11.5 Å². The molecule has 2 aromatic heterocycles. The third-order valence-corrected chi connectivity index (χ3v) is 2.40. The molecule has 5 heteroatoms. The Bertz CT molecular complexity index is 564. The van der Waals surface area contributed by atoms with Crippen LogP contribution < -0.4 is 5.56 Å². The lowest BCUT2D eigenvalue weighted by Crippen LogP contribution is -2.15. The molecule has 88 valence electrons. The largest absolute Gasteiger partial charge is 0.493 e. The van der Waals surface area contributed by atoms with Crippen molar-refractivity contribution in [2.45, 2.75) is 19.8 Å². The summed E-state index contributed by atoms with van der Waals surface area (Å²) in [5.74, 6) is 0.0733.